The van der Waals surface area contributed by atoms with E-state index >= 15 is 0 Å². The van der Waals surface area contributed by atoms with Gasteiger partial charge in [-0.1, -0.05) is 30.3 Å². The molecule has 3 heteroatoms. The molecular weight excluding hydrogens is 214 g/mol. The molecule has 0 saturated heterocycles. The third kappa shape index (κ3) is 6.41. The first-order chi connectivity index (χ1) is 8.08. The minimum Gasteiger partial charge on any atom is -0.389 e. The molecule has 0 spiro atoms. The van der Waals surface area contributed by atoms with Gasteiger partial charge in [-0.2, -0.15) is 0 Å². The van der Waals surface area contributed by atoms with E-state index in [4.69, 9.17) is 4.74 Å². The van der Waals surface area contributed by atoms with Crippen LogP contribution in [0.4, 0.5) is 0 Å². The Hall–Kier alpha value is -0.900. The molecule has 1 aromatic rings. The quantitative estimate of drug-likeness (QED) is 0.786. The summed E-state index contributed by atoms with van der Waals surface area (Å²) in [5.74, 6) is 0. The van der Waals surface area contributed by atoms with Crippen molar-refractivity contribution in [1.82, 2.24) is 4.90 Å². The lowest BCUT2D eigenvalue weighted by molar-refractivity contribution is -0.00634. The van der Waals surface area contributed by atoms with Crippen LogP contribution in [0.15, 0.2) is 30.3 Å². The number of rotatable bonds is 7. The summed E-state index contributed by atoms with van der Waals surface area (Å²) in [5, 5.41) is 9.78. The normalized spacial score (nSPS) is 13.3. The van der Waals surface area contributed by atoms with Crippen LogP contribution in [0, 0.1) is 0 Å². The third-order valence-corrected chi connectivity index (χ3v) is 2.44. The summed E-state index contributed by atoms with van der Waals surface area (Å²) in [7, 11) is 2.01. The van der Waals surface area contributed by atoms with E-state index in [1.807, 2.05) is 39.1 Å². The van der Waals surface area contributed by atoms with Crippen LogP contribution in [-0.2, 0) is 11.3 Å². The Bertz CT molecular complexity index is 300. The molecule has 1 N–H and O–H groups in total. The van der Waals surface area contributed by atoms with Gasteiger partial charge in [0.2, 0.25) is 0 Å². The SMILES string of the molecule is CC(C)OC[C@@H](O)CN(C)Cc1ccccc1. The summed E-state index contributed by atoms with van der Waals surface area (Å²) in [6.07, 6.45) is -0.254. The molecule has 96 valence electrons. The zero-order chi connectivity index (χ0) is 12.7. The fraction of sp³-hybridized carbons (Fsp3) is 0.571. The number of ether oxygens (including phenoxy) is 1. The molecule has 0 radical (unpaired) electrons. The molecule has 3 nitrogen and oxygen atoms in total. The van der Waals surface area contributed by atoms with Crippen molar-refractivity contribution in [2.24, 2.45) is 0 Å². The molecule has 0 bridgehead atoms. The molecule has 1 atom stereocenters. The molecule has 1 aromatic carbocycles. The minimum absolute atomic E-state index is 0.170. The maximum Gasteiger partial charge on any atom is 0.0900 e. The molecule has 0 amide bonds. The van der Waals surface area contributed by atoms with Crippen molar-refractivity contribution >= 4 is 0 Å². The number of hydrogen-bond acceptors (Lipinski definition) is 3. The average molecular weight is 237 g/mol. The largest absolute Gasteiger partial charge is 0.389 e. The summed E-state index contributed by atoms with van der Waals surface area (Å²) in [4.78, 5) is 2.10. The van der Waals surface area contributed by atoms with Crippen LogP contribution in [0.5, 0.6) is 0 Å². The maximum absolute atomic E-state index is 9.78. The topological polar surface area (TPSA) is 32.7 Å². The monoisotopic (exact) mass is 237 g/mol. The second kappa shape index (κ2) is 7.43. The smallest absolute Gasteiger partial charge is 0.0900 e. The fourth-order valence-corrected chi connectivity index (χ4v) is 1.68. The minimum atomic E-state index is -0.425. The van der Waals surface area contributed by atoms with Gasteiger partial charge in [0.25, 0.3) is 0 Å². The average Bonchev–Trinajstić information content (AvgIpc) is 2.27. The lowest BCUT2D eigenvalue weighted by Gasteiger charge is -2.21. The van der Waals surface area contributed by atoms with Crippen molar-refractivity contribution < 1.29 is 9.84 Å². The van der Waals surface area contributed by atoms with Gasteiger partial charge in [0.05, 0.1) is 18.8 Å². The van der Waals surface area contributed by atoms with Crippen LogP contribution in [0.1, 0.15) is 19.4 Å². The molecule has 0 saturated carbocycles. The highest BCUT2D eigenvalue weighted by atomic mass is 16.5. The number of benzene rings is 1. The number of nitrogens with zero attached hydrogens (tertiary/aromatic N) is 1. The predicted octanol–water partition coefficient (Wildman–Crippen LogP) is 1.90. The first-order valence-electron chi connectivity index (χ1n) is 6.10. The van der Waals surface area contributed by atoms with Gasteiger partial charge in [-0.3, -0.25) is 4.90 Å². The maximum atomic E-state index is 9.78. The van der Waals surface area contributed by atoms with E-state index in [-0.39, 0.29) is 6.10 Å². The first kappa shape index (κ1) is 14.2. The molecule has 0 fully saturated rings. The van der Waals surface area contributed by atoms with Gasteiger partial charge < -0.3 is 9.84 Å². The van der Waals surface area contributed by atoms with E-state index in [9.17, 15) is 5.11 Å². The summed E-state index contributed by atoms with van der Waals surface area (Å²) in [6.45, 7) is 5.82. The Kier molecular flexibility index (Phi) is 6.19. The van der Waals surface area contributed by atoms with Crippen LogP contribution in [0.3, 0.4) is 0 Å². The Morgan fingerprint density at radius 2 is 1.88 bits per heavy atom. The van der Waals surface area contributed by atoms with Crippen LogP contribution >= 0.6 is 0 Å². The standard InChI is InChI=1S/C14H23NO2/c1-12(2)17-11-14(16)10-15(3)9-13-7-5-4-6-8-13/h4-8,12,14,16H,9-11H2,1-3H3/t14-/m0/s1. The molecule has 0 aromatic heterocycles. The highest BCUT2D eigenvalue weighted by molar-refractivity contribution is 5.14. The first-order valence-corrected chi connectivity index (χ1v) is 6.10. The Morgan fingerprint density at radius 3 is 2.47 bits per heavy atom. The molecular formula is C14H23NO2. The zero-order valence-corrected chi connectivity index (χ0v) is 11.0. The highest BCUT2D eigenvalue weighted by Gasteiger charge is 2.09. The number of hydrogen-bond donors (Lipinski definition) is 1. The molecule has 0 aliphatic rings. The van der Waals surface area contributed by atoms with Crippen LogP contribution < -0.4 is 0 Å². The molecule has 1 rings (SSSR count). The Labute approximate surface area is 104 Å². The lowest BCUT2D eigenvalue weighted by atomic mass is 10.2. The Balaban J connectivity index is 2.27. The van der Waals surface area contributed by atoms with E-state index in [2.05, 4.69) is 17.0 Å². The van der Waals surface area contributed by atoms with Crippen molar-refractivity contribution in [3.05, 3.63) is 35.9 Å². The molecule has 17 heavy (non-hydrogen) atoms. The van der Waals surface area contributed by atoms with E-state index in [1.54, 1.807) is 0 Å². The summed E-state index contributed by atoms with van der Waals surface area (Å²) >= 11 is 0. The van der Waals surface area contributed by atoms with Crippen molar-refractivity contribution in [3.63, 3.8) is 0 Å². The van der Waals surface area contributed by atoms with Crippen molar-refractivity contribution in [1.29, 1.82) is 0 Å². The van der Waals surface area contributed by atoms with Gasteiger partial charge in [-0.05, 0) is 26.5 Å². The van der Waals surface area contributed by atoms with Gasteiger partial charge in [0.1, 0.15) is 0 Å². The summed E-state index contributed by atoms with van der Waals surface area (Å²) in [5.41, 5.74) is 1.26. The highest BCUT2D eigenvalue weighted by Crippen LogP contribution is 2.03. The van der Waals surface area contributed by atoms with E-state index < -0.39 is 6.10 Å². The van der Waals surface area contributed by atoms with Gasteiger partial charge in [-0.15, -0.1) is 0 Å². The zero-order valence-electron chi connectivity index (χ0n) is 11.0. The van der Waals surface area contributed by atoms with Crippen LogP contribution in [0.25, 0.3) is 0 Å². The van der Waals surface area contributed by atoms with Crippen molar-refractivity contribution in [2.75, 3.05) is 20.2 Å². The van der Waals surface area contributed by atoms with Crippen LogP contribution in [-0.4, -0.2) is 42.4 Å². The van der Waals surface area contributed by atoms with Gasteiger partial charge in [-0.25, -0.2) is 0 Å². The second-order valence-corrected chi connectivity index (χ2v) is 4.72. The van der Waals surface area contributed by atoms with Crippen molar-refractivity contribution in [3.8, 4) is 0 Å². The van der Waals surface area contributed by atoms with Crippen molar-refractivity contribution in [2.45, 2.75) is 32.6 Å². The third-order valence-electron chi connectivity index (χ3n) is 2.44. The second-order valence-electron chi connectivity index (χ2n) is 4.72. The Morgan fingerprint density at radius 1 is 1.24 bits per heavy atom. The molecule has 0 aliphatic carbocycles. The molecule has 0 aliphatic heterocycles. The van der Waals surface area contributed by atoms with E-state index in [1.165, 1.54) is 5.56 Å². The molecule has 0 unspecified atom stereocenters. The summed E-state index contributed by atoms with van der Waals surface area (Å²) < 4.78 is 5.38. The van der Waals surface area contributed by atoms with Gasteiger partial charge >= 0.3 is 0 Å². The number of aliphatic hydroxyl groups is 1. The van der Waals surface area contributed by atoms with E-state index in [0.29, 0.717) is 13.2 Å². The summed E-state index contributed by atoms with van der Waals surface area (Å²) in [6, 6.07) is 10.2. The fourth-order valence-electron chi connectivity index (χ4n) is 1.68. The van der Waals surface area contributed by atoms with Crippen LogP contribution in [0.2, 0.25) is 0 Å². The predicted molar refractivity (Wildman–Crippen MR) is 69.9 cm³/mol. The molecule has 0 heterocycles. The number of likely N-dealkylation sites (N-methyl/N-ethyl adjacent to an activating group) is 1. The van der Waals surface area contributed by atoms with Gasteiger partial charge in [0.15, 0.2) is 0 Å². The van der Waals surface area contributed by atoms with E-state index in [0.717, 1.165) is 6.54 Å². The van der Waals surface area contributed by atoms with Gasteiger partial charge in [0, 0.05) is 13.1 Å². The number of aliphatic hydroxyl groups excluding tert-OH is 1. The lowest BCUT2D eigenvalue weighted by Crippen LogP contribution is -2.32.